The highest BCUT2D eigenvalue weighted by Crippen LogP contribution is 2.42. The van der Waals surface area contributed by atoms with Crippen LogP contribution in [0.4, 0.5) is 0 Å². The summed E-state index contributed by atoms with van der Waals surface area (Å²) in [6.07, 6.45) is 2.14. The lowest BCUT2D eigenvalue weighted by Crippen LogP contribution is -2.04. The molecule has 0 amide bonds. The van der Waals surface area contributed by atoms with Gasteiger partial charge in [-0.25, -0.2) is 0 Å². The molecule has 4 heteroatoms. The van der Waals surface area contributed by atoms with Crippen LogP contribution in [0.2, 0.25) is 0 Å². The van der Waals surface area contributed by atoms with E-state index >= 15 is 0 Å². The van der Waals surface area contributed by atoms with E-state index in [0.717, 1.165) is 41.4 Å². The maximum Gasteiger partial charge on any atom is 0.231 e. The molecule has 3 rings (SSSR count). The fourth-order valence-electron chi connectivity index (χ4n) is 2.80. The maximum absolute atomic E-state index is 6.03. The van der Waals surface area contributed by atoms with Crippen LogP contribution in [-0.2, 0) is 0 Å². The van der Waals surface area contributed by atoms with Crippen LogP contribution in [0.3, 0.4) is 0 Å². The van der Waals surface area contributed by atoms with Gasteiger partial charge in [0.15, 0.2) is 11.5 Å². The lowest BCUT2D eigenvalue weighted by molar-refractivity contribution is 0.173. The van der Waals surface area contributed by atoms with Gasteiger partial charge in [0, 0.05) is 17.5 Å². The molecule has 0 aliphatic carbocycles. The number of unbranched alkanes of at least 4 members (excludes halogenated alkanes) is 1. The third-order valence-corrected chi connectivity index (χ3v) is 4.34. The van der Waals surface area contributed by atoms with Gasteiger partial charge in [-0.3, -0.25) is 0 Å². The Morgan fingerprint density at radius 3 is 2.46 bits per heavy atom. The molecular weight excluding hydrogens is 304 g/mol. The monoisotopic (exact) mass is 328 g/mol. The van der Waals surface area contributed by atoms with Crippen molar-refractivity contribution in [1.29, 1.82) is 0 Å². The van der Waals surface area contributed by atoms with Crippen LogP contribution >= 0.6 is 0 Å². The van der Waals surface area contributed by atoms with Crippen LogP contribution in [0.25, 0.3) is 0 Å². The van der Waals surface area contributed by atoms with Crippen molar-refractivity contribution in [2.24, 2.45) is 0 Å². The minimum absolute atomic E-state index is 0.182. The first kappa shape index (κ1) is 16.5. The molecule has 0 saturated carbocycles. The second-order valence-corrected chi connectivity index (χ2v) is 5.94. The summed E-state index contributed by atoms with van der Waals surface area (Å²) in [5.41, 5.74) is 2.32. The third kappa shape index (κ3) is 3.42. The van der Waals surface area contributed by atoms with Crippen LogP contribution in [0.5, 0.6) is 23.0 Å². The molecule has 1 aliphatic rings. The molecule has 0 spiro atoms. The topological polar surface area (TPSA) is 36.9 Å². The lowest BCUT2D eigenvalue weighted by atomic mass is 9.92. The number of hydrogen-bond acceptors (Lipinski definition) is 4. The zero-order chi connectivity index (χ0) is 16.9. The van der Waals surface area contributed by atoms with Crippen molar-refractivity contribution >= 4 is 0 Å². The normalized spacial score (nSPS) is 13.6. The number of benzene rings is 2. The van der Waals surface area contributed by atoms with Gasteiger partial charge >= 0.3 is 0 Å². The fourth-order valence-corrected chi connectivity index (χ4v) is 2.80. The van der Waals surface area contributed by atoms with Gasteiger partial charge in [0.05, 0.1) is 13.7 Å². The van der Waals surface area contributed by atoms with Crippen LogP contribution < -0.4 is 18.9 Å². The Balaban J connectivity index is 1.91. The minimum atomic E-state index is 0.182. The van der Waals surface area contributed by atoms with Gasteiger partial charge in [0.25, 0.3) is 0 Å². The lowest BCUT2D eigenvalue weighted by Gasteiger charge is -2.18. The molecule has 24 heavy (non-hydrogen) atoms. The zero-order valence-corrected chi connectivity index (χ0v) is 14.5. The average molecular weight is 328 g/mol. The highest BCUT2D eigenvalue weighted by atomic mass is 16.7. The molecule has 1 aliphatic heterocycles. The molecule has 1 heterocycles. The van der Waals surface area contributed by atoms with Gasteiger partial charge in [-0.1, -0.05) is 32.4 Å². The first-order chi connectivity index (χ1) is 11.7. The molecule has 0 fully saturated rings. The molecule has 4 nitrogen and oxygen atoms in total. The Morgan fingerprint density at radius 1 is 1.08 bits per heavy atom. The van der Waals surface area contributed by atoms with E-state index in [-0.39, 0.29) is 12.7 Å². The van der Waals surface area contributed by atoms with E-state index in [1.165, 1.54) is 5.56 Å². The van der Waals surface area contributed by atoms with E-state index in [1.54, 1.807) is 7.11 Å². The Labute approximate surface area is 143 Å². The van der Waals surface area contributed by atoms with Gasteiger partial charge in [-0.05, 0) is 30.2 Å². The van der Waals surface area contributed by atoms with Crippen molar-refractivity contribution in [2.75, 3.05) is 20.5 Å². The molecule has 0 bridgehead atoms. The van der Waals surface area contributed by atoms with Gasteiger partial charge in [0.1, 0.15) is 11.5 Å². The minimum Gasteiger partial charge on any atom is -0.497 e. The van der Waals surface area contributed by atoms with Gasteiger partial charge < -0.3 is 18.9 Å². The van der Waals surface area contributed by atoms with Crippen molar-refractivity contribution in [1.82, 2.24) is 0 Å². The molecule has 0 aromatic heterocycles. The summed E-state index contributed by atoms with van der Waals surface area (Å²) in [5, 5.41) is 0. The highest BCUT2D eigenvalue weighted by Gasteiger charge is 2.22. The second-order valence-electron chi connectivity index (χ2n) is 5.94. The SMILES string of the molecule is CCCCOc1cc2c(cc1[C@@H](C)c1ccc(OC)cc1)OCO2. The third-order valence-electron chi connectivity index (χ3n) is 4.34. The average Bonchev–Trinajstić information content (AvgIpc) is 3.08. The number of rotatable bonds is 7. The molecule has 0 unspecified atom stereocenters. The number of ether oxygens (including phenoxy) is 4. The Hall–Kier alpha value is -2.36. The van der Waals surface area contributed by atoms with E-state index in [0.29, 0.717) is 6.61 Å². The standard InChI is InChI=1S/C20H24O4/c1-4-5-10-22-18-12-20-19(23-13-24-20)11-17(18)14(2)15-6-8-16(21-3)9-7-15/h6-9,11-12,14H,4-5,10,13H2,1-3H3/t14-/m0/s1. The molecule has 0 saturated heterocycles. The van der Waals surface area contributed by atoms with Gasteiger partial charge in [-0.2, -0.15) is 0 Å². The molecule has 2 aromatic carbocycles. The van der Waals surface area contributed by atoms with Crippen molar-refractivity contribution < 1.29 is 18.9 Å². The number of hydrogen-bond donors (Lipinski definition) is 0. The van der Waals surface area contributed by atoms with Crippen LogP contribution in [0, 0.1) is 0 Å². The molecule has 0 N–H and O–H groups in total. The summed E-state index contributed by atoms with van der Waals surface area (Å²) in [7, 11) is 1.68. The number of methoxy groups -OCH3 is 1. The van der Waals surface area contributed by atoms with E-state index in [1.807, 2.05) is 24.3 Å². The maximum atomic E-state index is 6.03. The molecule has 1 atom stereocenters. The van der Waals surface area contributed by atoms with E-state index < -0.39 is 0 Å². The van der Waals surface area contributed by atoms with E-state index in [2.05, 4.69) is 26.0 Å². The summed E-state index contributed by atoms with van der Waals surface area (Å²) in [4.78, 5) is 0. The Bertz CT molecular complexity index is 679. The van der Waals surface area contributed by atoms with Crippen molar-refractivity contribution in [3.8, 4) is 23.0 Å². The molecular formula is C20H24O4. The van der Waals surface area contributed by atoms with Crippen LogP contribution in [0.15, 0.2) is 36.4 Å². The summed E-state index contributed by atoms with van der Waals surface area (Å²) < 4.78 is 22.3. The summed E-state index contributed by atoms with van der Waals surface area (Å²) in [6.45, 7) is 5.30. The second kappa shape index (κ2) is 7.47. The van der Waals surface area contributed by atoms with Crippen molar-refractivity contribution in [3.63, 3.8) is 0 Å². The largest absolute Gasteiger partial charge is 0.497 e. The molecule has 128 valence electrons. The van der Waals surface area contributed by atoms with Crippen LogP contribution in [0.1, 0.15) is 43.7 Å². The Kier molecular flexibility index (Phi) is 5.14. The predicted molar refractivity (Wildman–Crippen MR) is 93.5 cm³/mol. The molecule has 0 radical (unpaired) electrons. The van der Waals surface area contributed by atoms with Crippen LogP contribution in [-0.4, -0.2) is 20.5 Å². The molecule has 2 aromatic rings. The number of fused-ring (bicyclic) bond motifs is 1. The Morgan fingerprint density at radius 2 is 1.79 bits per heavy atom. The summed E-state index contributed by atoms with van der Waals surface area (Å²) in [6, 6.07) is 12.1. The summed E-state index contributed by atoms with van der Waals surface area (Å²) in [5.74, 6) is 3.45. The first-order valence-corrected chi connectivity index (χ1v) is 8.43. The van der Waals surface area contributed by atoms with Crippen molar-refractivity contribution in [2.45, 2.75) is 32.6 Å². The fraction of sp³-hybridized carbons (Fsp3) is 0.400. The highest BCUT2D eigenvalue weighted by molar-refractivity contribution is 5.54. The first-order valence-electron chi connectivity index (χ1n) is 8.43. The van der Waals surface area contributed by atoms with Gasteiger partial charge in [-0.15, -0.1) is 0 Å². The quantitative estimate of drug-likeness (QED) is 0.687. The van der Waals surface area contributed by atoms with E-state index in [9.17, 15) is 0 Å². The predicted octanol–water partition coefficient (Wildman–Crippen LogP) is 4.75. The van der Waals surface area contributed by atoms with Gasteiger partial charge in [0.2, 0.25) is 6.79 Å². The van der Waals surface area contributed by atoms with E-state index in [4.69, 9.17) is 18.9 Å². The van der Waals surface area contributed by atoms with Crippen molar-refractivity contribution in [3.05, 3.63) is 47.5 Å². The smallest absolute Gasteiger partial charge is 0.231 e. The zero-order valence-electron chi connectivity index (χ0n) is 14.5. The summed E-state index contributed by atoms with van der Waals surface area (Å²) >= 11 is 0.